The number of esters is 1. The molecule has 1 aromatic heterocycles. The normalized spacial score (nSPS) is 17.4. The van der Waals surface area contributed by atoms with Crippen LogP contribution in [-0.2, 0) is 10.3 Å². The Balaban J connectivity index is 1.35. The van der Waals surface area contributed by atoms with Gasteiger partial charge in [-0.05, 0) is 34.7 Å². The van der Waals surface area contributed by atoms with E-state index in [1.165, 1.54) is 11.0 Å². The molecule has 3 heterocycles. The van der Waals surface area contributed by atoms with E-state index in [1.807, 2.05) is 30.3 Å². The zero-order valence-electron chi connectivity index (χ0n) is 15.0. The molecular formula is C20H17N5O3. The highest BCUT2D eigenvalue weighted by Crippen LogP contribution is 2.44. The van der Waals surface area contributed by atoms with Crippen LogP contribution in [0.1, 0.15) is 39.1 Å². The van der Waals surface area contributed by atoms with Gasteiger partial charge < -0.3 is 9.64 Å². The molecule has 2 aliphatic heterocycles. The van der Waals surface area contributed by atoms with E-state index in [9.17, 15) is 9.59 Å². The maximum Gasteiger partial charge on any atom is 0.339 e. The molecule has 5 rings (SSSR count). The molecule has 1 saturated heterocycles. The minimum atomic E-state index is -0.612. The number of likely N-dealkylation sites (tertiary alicyclic amines) is 1. The monoisotopic (exact) mass is 375 g/mol. The Morgan fingerprint density at radius 3 is 2.68 bits per heavy atom. The molecule has 8 heteroatoms. The Kier molecular flexibility index (Phi) is 3.71. The van der Waals surface area contributed by atoms with Gasteiger partial charge >= 0.3 is 5.97 Å². The molecule has 1 amide bonds. The maximum atomic E-state index is 13.0. The zero-order chi connectivity index (χ0) is 19.1. The van der Waals surface area contributed by atoms with Crippen molar-refractivity contribution in [3.8, 4) is 5.69 Å². The van der Waals surface area contributed by atoms with Crippen LogP contribution >= 0.6 is 0 Å². The first kappa shape index (κ1) is 16.6. The second-order valence-corrected chi connectivity index (χ2v) is 7.03. The number of tetrazole rings is 1. The molecule has 28 heavy (non-hydrogen) atoms. The van der Waals surface area contributed by atoms with Gasteiger partial charge in [-0.25, -0.2) is 9.48 Å². The van der Waals surface area contributed by atoms with Crippen LogP contribution in [0.4, 0.5) is 0 Å². The summed E-state index contributed by atoms with van der Waals surface area (Å²) in [5, 5.41) is 11.1. The number of fused-ring (bicyclic) bond motifs is 2. The number of ether oxygens (including phenoxy) is 1. The molecule has 2 aliphatic rings. The van der Waals surface area contributed by atoms with Crippen LogP contribution in [0.2, 0.25) is 0 Å². The largest absolute Gasteiger partial charge is 0.450 e. The van der Waals surface area contributed by atoms with Gasteiger partial charge in [0.1, 0.15) is 11.9 Å². The number of aromatic nitrogens is 4. The van der Waals surface area contributed by atoms with E-state index < -0.39 is 5.60 Å². The minimum absolute atomic E-state index is 0.0533. The molecule has 0 aliphatic carbocycles. The van der Waals surface area contributed by atoms with E-state index >= 15 is 0 Å². The molecule has 3 aromatic rings. The number of rotatable bonds is 2. The number of carbonyl (C=O) groups excluding carboxylic acids is 2. The van der Waals surface area contributed by atoms with Crippen LogP contribution in [0, 0.1) is 0 Å². The van der Waals surface area contributed by atoms with Gasteiger partial charge in [0, 0.05) is 37.1 Å². The molecule has 1 fully saturated rings. The van der Waals surface area contributed by atoms with E-state index in [0.717, 1.165) is 11.3 Å². The topological polar surface area (TPSA) is 90.2 Å². The summed E-state index contributed by atoms with van der Waals surface area (Å²) in [5.41, 5.74) is 2.26. The molecule has 2 aromatic carbocycles. The first-order valence-electron chi connectivity index (χ1n) is 9.12. The van der Waals surface area contributed by atoms with E-state index in [4.69, 9.17) is 4.74 Å². The fourth-order valence-corrected chi connectivity index (χ4v) is 4.03. The first-order chi connectivity index (χ1) is 13.7. The lowest BCUT2D eigenvalue weighted by atomic mass is 9.83. The first-order valence-corrected chi connectivity index (χ1v) is 9.12. The molecule has 0 radical (unpaired) electrons. The Bertz CT molecular complexity index is 1060. The third-order valence-corrected chi connectivity index (χ3v) is 5.49. The summed E-state index contributed by atoms with van der Waals surface area (Å²) in [6.07, 6.45) is 2.67. The van der Waals surface area contributed by atoms with Gasteiger partial charge in [0.25, 0.3) is 5.91 Å². The van der Waals surface area contributed by atoms with Gasteiger partial charge in [0.05, 0.1) is 11.3 Å². The van der Waals surface area contributed by atoms with Crippen molar-refractivity contribution in [1.82, 2.24) is 25.1 Å². The molecular weight excluding hydrogens is 358 g/mol. The van der Waals surface area contributed by atoms with Crippen LogP contribution in [0.15, 0.2) is 54.9 Å². The zero-order valence-corrected chi connectivity index (χ0v) is 15.0. The third kappa shape index (κ3) is 2.57. The standard InChI is InChI=1S/C20H17N5O3/c26-18(14-4-3-5-15(12-14)25-13-21-22-23-25)24-10-8-20(9-11-24)17-7-2-1-6-16(17)19(27)28-20/h1-7,12-13H,8-11H2. The Hall–Kier alpha value is -3.55. The molecule has 8 nitrogen and oxygen atoms in total. The van der Waals surface area contributed by atoms with Crippen molar-refractivity contribution in [1.29, 1.82) is 0 Å². The smallest absolute Gasteiger partial charge is 0.339 e. The number of hydrogen-bond donors (Lipinski definition) is 0. The summed E-state index contributed by atoms with van der Waals surface area (Å²) in [5.74, 6) is -0.327. The highest BCUT2D eigenvalue weighted by Gasteiger charge is 2.47. The highest BCUT2D eigenvalue weighted by atomic mass is 16.6. The summed E-state index contributed by atoms with van der Waals surface area (Å²) in [6.45, 7) is 1.05. The van der Waals surface area contributed by atoms with Gasteiger partial charge in [-0.1, -0.05) is 24.3 Å². The molecule has 0 saturated carbocycles. The lowest BCUT2D eigenvalue weighted by Gasteiger charge is -2.38. The minimum Gasteiger partial charge on any atom is -0.450 e. The average Bonchev–Trinajstić information content (AvgIpc) is 3.37. The quantitative estimate of drug-likeness (QED) is 0.636. The van der Waals surface area contributed by atoms with Crippen molar-refractivity contribution < 1.29 is 14.3 Å². The van der Waals surface area contributed by atoms with Crippen LogP contribution in [0.25, 0.3) is 5.69 Å². The molecule has 140 valence electrons. The summed E-state index contributed by atoms with van der Waals surface area (Å²) in [7, 11) is 0. The predicted molar refractivity (Wildman–Crippen MR) is 97.8 cm³/mol. The second-order valence-electron chi connectivity index (χ2n) is 7.03. The molecule has 1 spiro atoms. The van der Waals surface area contributed by atoms with Crippen LogP contribution in [-0.4, -0.2) is 50.1 Å². The van der Waals surface area contributed by atoms with Crippen molar-refractivity contribution in [2.45, 2.75) is 18.4 Å². The number of benzene rings is 2. The summed E-state index contributed by atoms with van der Waals surface area (Å²) < 4.78 is 7.27. The van der Waals surface area contributed by atoms with Gasteiger partial charge in [0.2, 0.25) is 0 Å². The summed E-state index contributed by atoms with van der Waals surface area (Å²) in [4.78, 5) is 27.0. The van der Waals surface area contributed by atoms with Crippen molar-refractivity contribution in [2.24, 2.45) is 0 Å². The van der Waals surface area contributed by atoms with Gasteiger partial charge in [-0.15, -0.1) is 5.10 Å². The van der Waals surface area contributed by atoms with Crippen molar-refractivity contribution >= 4 is 11.9 Å². The van der Waals surface area contributed by atoms with Gasteiger partial charge in [-0.3, -0.25) is 4.79 Å². The van der Waals surface area contributed by atoms with E-state index in [2.05, 4.69) is 15.5 Å². The number of carbonyl (C=O) groups is 2. The van der Waals surface area contributed by atoms with Gasteiger partial charge in [-0.2, -0.15) is 0 Å². The predicted octanol–water partition coefficient (Wildman–Crippen LogP) is 1.96. The Morgan fingerprint density at radius 2 is 1.89 bits per heavy atom. The van der Waals surface area contributed by atoms with E-state index in [-0.39, 0.29) is 11.9 Å². The lowest BCUT2D eigenvalue weighted by Crippen LogP contribution is -2.45. The van der Waals surface area contributed by atoms with E-state index in [1.54, 1.807) is 23.1 Å². The van der Waals surface area contributed by atoms with Crippen LogP contribution in [0.3, 0.4) is 0 Å². The van der Waals surface area contributed by atoms with E-state index in [0.29, 0.717) is 37.1 Å². The molecule has 0 N–H and O–H groups in total. The Labute approximate surface area is 160 Å². The fraction of sp³-hybridized carbons (Fsp3) is 0.250. The average molecular weight is 375 g/mol. The van der Waals surface area contributed by atoms with Gasteiger partial charge in [0.15, 0.2) is 0 Å². The third-order valence-electron chi connectivity index (χ3n) is 5.49. The number of piperidine rings is 1. The lowest BCUT2D eigenvalue weighted by molar-refractivity contribution is -0.0389. The summed E-state index contributed by atoms with van der Waals surface area (Å²) in [6, 6.07) is 14.7. The highest BCUT2D eigenvalue weighted by molar-refractivity contribution is 5.96. The molecule has 0 unspecified atom stereocenters. The second kappa shape index (κ2) is 6.26. The molecule has 0 atom stereocenters. The van der Waals surface area contributed by atoms with Crippen LogP contribution < -0.4 is 0 Å². The SMILES string of the molecule is O=C1OC2(CCN(C(=O)c3cccc(-n4cnnn4)c3)CC2)c2ccccc21. The number of amides is 1. The van der Waals surface area contributed by atoms with Crippen molar-refractivity contribution in [3.63, 3.8) is 0 Å². The fourth-order valence-electron chi connectivity index (χ4n) is 4.03. The molecule has 0 bridgehead atoms. The van der Waals surface area contributed by atoms with Crippen molar-refractivity contribution in [3.05, 3.63) is 71.5 Å². The summed E-state index contributed by atoms with van der Waals surface area (Å²) >= 11 is 0. The number of nitrogens with zero attached hydrogens (tertiary/aromatic N) is 5. The Morgan fingerprint density at radius 1 is 1.07 bits per heavy atom. The van der Waals surface area contributed by atoms with Crippen molar-refractivity contribution in [2.75, 3.05) is 13.1 Å². The van der Waals surface area contributed by atoms with Crippen LogP contribution in [0.5, 0.6) is 0 Å². The maximum absolute atomic E-state index is 13.0. The number of hydrogen-bond acceptors (Lipinski definition) is 6.